The molecule has 0 saturated carbocycles. The molecule has 2 heteroatoms. The number of nitrogens with zero attached hydrogens (tertiary/aromatic N) is 1. The van der Waals surface area contributed by atoms with Gasteiger partial charge in [0.1, 0.15) is 0 Å². The number of anilines is 3. The van der Waals surface area contributed by atoms with Crippen LogP contribution >= 0.6 is 11.3 Å². The second-order valence-electron chi connectivity index (χ2n) is 16.0. The first kappa shape index (κ1) is 36.1. The van der Waals surface area contributed by atoms with Crippen molar-refractivity contribution in [3.05, 3.63) is 237 Å². The van der Waals surface area contributed by atoms with E-state index < -0.39 is 0 Å². The van der Waals surface area contributed by atoms with Crippen LogP contribution in [0.25, 0.3) is 97.0 Å². The fourth-order valence-electron chi connectivity index (χ4n) is 9.61. The highest BCUT2D eigenvalue weighted by molar-refractivity contribution is 7.26. The van der Waals surface area contributed by atoms with Gasteiger partial charge in [-0.3, -0.25) is 0 Å². The van der Waals surface area contributed by atoms with Crippen molar-refractivity contribution in [1.82, 2.24) is 0 Å². The summed E-state index contributed by atoms with van der Waals surface area (Å²) in [7, 11) is 0. The monoisotopic (exact) mass is 805 g/mol. The van der Waals surface area contributed by atoms with Gasteiger partial charge in [-0.1, -0.05) is 194 Å². The van der Waals surface area contributed by atoms with Crippen molar-refractivity contribution >= 4 is 80.9 Å². The van der Waals surface area contributed by atoms with E-state index in [1.165, 1.54) is 103 Å². The standard InChI is InChI=1S/C60H39NS/c1-3-17-42(18-4-1)58-53-27-10-9-25-50(53)51-37-34-45(39-55(51)59(58)43-19-5-2-6-20-43)44-22-13-23-47(38-44)61(56-30-15-29-54-52-26-11-12-31-57(52)62-60(54)56)46-35-32-41(33-36-46)49-28-14-21-40-16-7-8-24-48(40)49/h1-39H. The van der Waals surface area contributed by atoms with E-state index in [1.54, 1.807) is 0 Å². The zero-order valence-corrected chi connectivity index (χ0v) is 34.7. The topological polar surface area (TPSA) is 3.24 Å². The second-order valence-corrected chi connectivity index (χ2v) is 17.1. The Hall–Kier alpha value is -7.78. The molecule has 1 heterocycles. The van der Waals surface area contributed by atoms with Crippen LogP contribution in [0.3, 0.4) is 0 Å². The van der Waals surface area contributed by atoms with Crippen molar-refractivity contribution in [2.75, 3.05) is 4.90 Å². The predicted molar refractivity (Wildman–Crippen MR) is 268 cm³/mol. The first-order valence-corrected chi connectivity index (χ1v) is 22.1. The molecule has 1 nitrogen and oxygen atoms in total. The number of fused-ring (bicyclic) bond motifs is 7. The summed E-state index contributed by atoms with van der Waals surface area (Å²) in [5.41, 5.74) is 13.1. The summed E-state index contributed by atoms with van der Waals surface area (Å²) >= 11 is 1.87. The summed E-state index contributed by atoms with van der Waals surface area (Å²) in [6.07, 6.45) is 0. The Bertz CT molecular complexity index is 3620. The van der Waals surface area contributed by atoms with Crippen molar-refractivity contribution < 1.29 is 0 Å². The highest BCUT2D eigenvalue weighted by atomic mass is 32.1. The smallest absolute Gasteiger partial charge is 0.0640 e. The van der Waals surface area contributed by atoms with E-state index >= 15 is 0 Å². The molecule has 0 amide bonds. The van der Waals surface area contributed by atoms with E-state index in [1.807, 2.05) is 11.3 Å². The Balaban J connectivity index is 1.06. The Morgan fingerprint density at radius 3 is 1.63 bits per heavy atom. The van der Waals surface area contributed by atoms with Gasteiger partial charge in [0.05, 0.1) is 10.4 Å². The molecule has 12 aromatic rings. The summed E-state index contributed by atoms with van der Waals surface area (Å²) in [4.78, 5) is 2.45. The Labute approximate surface area is 365 Å². The molecule has 0 fully saturated rings. The third-order valence-electron chi connectivity index (χ3n) is 12.4. The maximum Gasteiger partial charge on any atom is 0.0640 e. The minimum Gasteiger partial charge on any atom is -0.309 e. The lowest BCUT2D eigenvalue weighted by Crippen LogP contribution is -2.10. The molecule has 0 N–H and O–H groups in total. The summed E-state index contributed by atoms with van der Waals surface area (Å²) in [6, 6.07) is 86.7. The largest absolute Gasteiger partial charge is 0.309 e. The zero-order chi connectivity index (χ0) is 41.0. The molecule has 62 heavy (non-hydrogen) atoms. The van der Waals surface area contributed by atoms with Crippen LogP contribution in [-0.2, 0) is 0 Å². The molecule has 0 aliphatic rings. The lowest BCUT2D eigenvalue weighted by molar-refractivity contribution is 1.30. The number of benzene rings is 11. The van der Waals surface area contributed by atoms with Gasteiger partial charge in [-0.05, 0) is 119 Å². The van der Waals surface area contributed by atoms with E-state index in [4.69, 9.17) is 0 Å². The van der Waals surface area contributed by atoms with Gasteiger partial charge < -0.3 is 4.90 Å². The molecule has 0 spiro atoms. The molecule has 0 aliphatic heterocycles. The van der Waals surface area contributed by atoms with Crippen LogP contribution in [0.4, 0.5) is 17.1 Å². The van der Waals surface area contributed by atoms with Crippen LogP contribution in [0.2, 0.25) is 0 Å². The SMILES string of the molecule is c1ccc(-c2c(-c3ccccc3)c3cc(-c4cccc(N(c5ccc(-c6cccc7ccccc67)cc5)c5cccc6c5sc5ccccc56)c4)ccc3c3ccccc23)cc1. The number of thiophene rings is 1. The van der Waals surface area contributed by atoms with E-state index in [2.05, 4.69) is 241 Å². The fourth-order valence-corrected chi connectivity index (χ4v) is 10.8. The quantitative estimate of drug-likeness (QED) is 0.145. The first-order chi connectivity index (χ1) is 30.8. The van der Waals surface area contributed by atoms with Gasteiger partial charge in [0.2, 0.25) is 0 Å². The molecule has 290 valence electrons. The fraction of sp³-hybridized carbons (Fsp3) is 0. The number of hydrogen-bond donors (Lipinski definition) is 0. The number of rotatable bonds is 7. The highest BCUT2D eigenvalue weighted by Crippen LogP contribution is 2.48. The molecule has 0 saturated heterocycles. The van der Waals surface area contributed by atoms with Crippen LogP contribution in [0.5, 0.6) is 0 Å². The molecule has 1 aromatic heterocycles. The zero-order valence-electron chi connectivity index (χ0n) is 33.9. The normalized spacial score (nSPS) is 11.5. The van der Waals surface area contributed by atoms with Crippen molar-refractivity contribution in [2.24, 2.45) is 0 Å². The van der Waals surface area contributed by atoms with Crippen LogP contribution < -0.4 is 4.90 Å². The van der Waals surface area contributed by atoms with Gasteiger partial charge in [-0.25, -0.2) is 0 Å². The van der Waals surface area contributed by atoms with Crippen LogP contribution in [0.15, 0.2) is 237 Å². The van der Waals surface area contributed by atoms with Gasteiger partial charge in [0.25, 0.3) is 0 Å². The minimum absolute atomic E-state index is 1.11. The van der Waals surface area contributed by atoms with E-state index in [0.717, 1.165) is 11.4 Å². The second kappa shape index (κ2) is 15.0. The van der Waals surface area contributed by atoms with Gasteiger partial charge in [0.15, 0.2) is 0 Å². The third-order valence-corrected chi connectivity index (χ3v) is 13.6. The Morgan fingerprint density at radius 1 is 0.290 bits per heavy atom. The first-order valence-electron chi connectivity index (χ1n) is 21.3. The summed E-state index contributed by atoms with van der Waals surface area (Å²) in [5, 5.41) is 10.1. The van der Waals surface area contributed by atoms with Crippen molar-refractivity contribution in [3.63, 3.8) is 0 Å². The predicted octanol–water partition coefficient (Wildman–Crippen LogP) is 17.7. The van der Waals surface area contributed by atoms with Gasteiger partial charge >= 0.3 is 0 Å². The lowest BCUT2D eigenvalue weighted by atomic mass is 9.84. The van der Waals surface area contributed by atoms with Crippen LogP contribution in [0.1, 0.15) is 0 Å². The van der Waals surface area contributed by atoms with E-state index in [9.17, 15) is 0 Å². The van der Waals surface area contributed by atoms with E-state index in [0.29, 0.717) is 0 Å². The van der Waals surface area contributed by atoms with Crippen molar-refractivity contribution in [3.8, 4) is 44.5 Å². The van der Waals surface area contributed by atoms with Gasteiger partial charge in [0, 0.05) is 26.8 Å². The molecule has 12 rings (SSSR count). The lowest BCUT2D eigenvalue weighted by Gasteiger charge is -2.27. The molecule has 0 bridgehead atoms. The van der Waals surface area contributed by atoms with Gasteiger partial charge in [-0.15, -0.1) is 11.3 Å². The van der Waals surface area contributed by atoms with Gasteiger partial charge in [-0.2, -0.15) is 0 Å². The third kappa shape index (κ3) is 6.07. The summed E-state index contributed by atoms with van der Waals surface area (Å²) in [6.45, 7) is 0. The molecule has 0 radical (unpaired) electrons. The minimum atomic E-state index is 1.11. The highest BCUT2D eigenvalue weighted by Gasteiger charge is 2.21. The summed E-state index contributed by atoms with van der Waals surface area (Å²) in [5.74, 6) is 0. The molecular formula is C60H39NS. The molecule has 0 unspecified atom stereocenters. The average molecular weight is 806 g/mol. The van der Waals surface area contributed by atoms with Crippen LogP contribution in [0, 0.1) is 0 Å². The molecular weight excluding hydrogens is 767 g/mol. The molecule has 11 aromatic carbocycles. The van der Waals surface area contributed by atoms with Crippen molar-refractivity contribution in [1.29, 1.82) is 0 Å². The van der Waals surface area contributed by atoms with Crippen molar-refractivity contribution in [2.45, 2.75) is 0 Å². The summed E-state index contributed by atoms with van der Waals surface area (Å²) < 4.78 is 2.57. The Morgan fingerprint density at radius 2 is 0.839 bits per heavy atom. The van der Waals surface area contributed by atoms with Crippen LogP contribution in [-0.4, -0.2) is 0 Å². The Kier molecular flexibility index (Phi) is 8.76. The number of hydrogen-bond acceptors (Lipinski definition) is 2. The average Bonchev–Trinajstić information content (AvgIpc) is 3.74. The molecule has 0 atom stereocenters. The van der Waals surface area contributed by atoms with E-state index in [-0.39, 0.29) is 0 Å². The molecule has 0 aliphatic carbocycles. The maximum atomic E-state index is 2.45. The maximum absolute atomic E-state index is 2.45.